The van der Waals surface area contributed by atoms with Gasteiger partial charge in [-0.2, -0.15) is 0 Å². The first kappa shape index (κ1) is 12.5. The molecule has 0 unspecified atom stereocenters. The molecule has 0 aliphatic rings. The zero-order valence-electron chi connectivity index (χ0n) is 9.90. The fourth-order valence-electron chi connectivity index (χ4n) is 1.90. The van der Waals surface area contributed by atoms with Gasteiger partial charge < -0.3 is 4.74 Å². The smallest absolute Gasteiger partial charge is 0.165 e. The highest BCUT2D eigenvalue weighted by Gasteiger charge is 2.08. The van der Waals surface area contributed by atoms with E-state index in [0.29, 0.717) is 6.61 Å². The predicted molar refractivity (Wildman–Crippen MR) is 77.6 cm³/mol. The molecular formula is C15H10ClFOS. The van der Waals surface area contributed by atoms with Crippen LogP contribution < -0.4 is 4.74 Å². The highest BCUT2D eigenvalue weighted by atomic mass is 35.5. The fourth-order valence-corrected chi connectivity index (χ4v) is 3.17. The molecule has 0 aliphatic carbocycles. The molecule has 2 aromatic carbocycles. The molecule has 1 aromatic heterocycles. The molecule has 0 amide bonds. The molecule has 0 radical (unpaired) electrons. The monoisotopic (exact) mass is 292 g/mol. The van der Waals surface area contributed by atoms with Crippen LogP contribution in [-0.2, 0) is 6.61 Å². The Morgan fingerprint density at radius 3 is 2.79 bits per heavy atom. The van der Waals surface area contributed by atoms with Gasteiger partial charge in [-0.1, -0.05) is 35.9 Å². The lowest BCUT2D eigenvalue weighted by molar-refractivity contribution is 0.292. The van der Waals surface area contributed by atoms with E-state index in [1.807, 2.05) is 23.6 Å². The quantitative estimate of drug-likeness (QED) is 0.639. The summed E-state index contributed by atoms with van der Waals surface area (Å²) in [5.74, 6) is -0.0797. The Balaban J connectivity index is 1.87. The average molecular weight is 293 g/mol. The second-order valence-electron chi connectivity index (χ2n) is 4.10. The van der Waals surface area contributed by atoms with Gasteiger partial charge in [0.1, 0.15) is 6.61 Å². The second-order valence-corrected chi connectivity index (χ2v) is 5.38. The molecule has 0 aliphatic heterocycles. The summed E-state index contributed by atoms with van der Waals surface area (Å²) in [7, 11) is 0. The van der Waals surface area contributed by atoms with Crippen LogP contribution in [0, 0.1) is 5.82 Å². The van der Waals surface area contributed by atoms with Crippen molar-refractivity contribution < 1.29 is 9.13 Å². The maximum Gasteiger partial charge on any atom is 0.165 e. The van der Waals surface area contributed by atoms with Gasteiger partial charge in [0.05, 0.1) is 9.72 Å². The molecule has 3 rings (SSSR count). The van der Waals surface area contributed by atoms with Crippen molar-refractivity contribution in [2.75, 3.05) is 0 Å². The summed E-state index contributed by atoms with van der Waals surface area (Å²) in [4.78, 5) is 0. The van der Waals surface area contributed by atoms with Gasteiger partial charge in [-0.15, -0.1) is 11.3 Å². The van der Waals surface area contributed by atoms with Crippen molar-refractivity contribution >= 4 is 33.0 Å². The van der Waals surface area contributed by atoms with Gasteiger partial charge in [-0.3, -0.25) is 0 Å². The van der Waals surface area contributed by atoms with Crippen LogP contribution in [0.2, 0.25) is 5.02 Å². The number of rotatable bonds is 3. The second kappa shape index (κ2) is 5.19. The molecule has 0 bridgehead atoms. The third-order valence-corrected chi connectivity index (χ3v) is 4.36. The van der Waals surface area contributed by atoms with E-state index in [2.05, 4.69) is 0 Å². The minimum absolute atomic E-state index is 0.267. The summed E-state index contributed by atoms with van der Waals surface area (Å²) in [5, 5.41) is 3.80. The fraction of sp³-hybridized carbons (Fsp3) is 0.0667. The van der Waals surface area contributed by atoms with Crippen LogP contribution in [-0.4, -0.2) is 0 Å². The molecule has 19 heavy (non-hydrogen) atoms. The first-order valence-corrected chi connectivity index (χ1v) is 7.03. The number of fused-ring (bicyclic) bond motifs is 1. The molecule has 3 aromatic rings. The lowest BCUT2D eigenvalue weighted by Gasteiger charge is -2.06. The van der Waals surface area contributed by atoms with Crippen LogP contribution in [0.5, 0.6) is 5.75 Å². The number of thiophene rings is 1. The van der Waals surface area contributed by atoms with Crippen LogP contribution in [0.25, 0.3) is 10.1 Å². The Labute approximate surface area is 119 Å². The summed E-state index contributed by atoms with van der Waals surface area (Å²) in [6.45, 7) is 0.335. The summed E-state index contributed by atoms with van der Waals surface area (Å²) in [5.41, 5.74) is 1.02. The van der Waals surface area contributed by atoms with E-state index in [9.17, 15) is 4.39 Å². The largest absolute Gasteiger partial charge is 0.486 e. The number of para-hydroxylation sites is 1. The summed E-state index contributed by atoms with van der Waals surface area (Å²) in [6, 6.07) is 12.2. The Morgan fingerprint density at radius 1 is 1.11 bits per heavy atom. The zero-order valence-corrected chi connectivity index (χ0v) is 11.5. The molecule has 0 saturated carbocycles. The van der Waals surface area contributed by atoms with Crippen molar-refractivity contribution in [1.29, 1.82) is 0 Å². The molecule has 0 N–H and O–H groups in total. The number of halogens is 2. The van der Waals surface area contributed by atoms with Gasteiger partial charge in [0, 0.05) is 10.9 Å². The first-order chi connectivity index (χ1) is 9.25. The molecule has 0 fully saturated rings. The third-order valence-electron chi connectivity index (χ3n) is 2.85. The van der Waals surface area contributed by atoms with E-state index in [1.54, 1.807) is 29.5 Å². The Bertz CT molecular complexity index is 723. The molecule has 0 spiro atoms. The van der Waals surface area contributed by atoms with Gasteiger partial charge >= 0.3 is 0 Å². The van der Waals surface area contributed by atoms with E-state index in [0.717, 1.165) is 20.7 Å². The minimum atomic E-state index is -0.347. The van der Waals surface area contributed by atoms with Gasteiger partial charge in [0.2, 0.25) is 0 Å². The van der Waals surface area contributed by atoms with Gasteiger partial charge in [-0.05, 0) is 23.6 Å². The number of benzene rings is 2. The summed E-state index contributed by atoms with van der Waals surface area (Å²) in [6.07, 6.45) is 0. The van der Waals surface area contributed by atoms with Gasteiger partial charge in [0.25, 0.3) is 0 Å². The molecular weight excluding hydrogens is 283 g/mol. The van der Waals surface area contributed by atoms with Crippen molar-refractivity contribution in [2.45, 2.75) is 6.61 Å². The summed E-state index contributed by atoms with van der Waals surface area (Å²) < 4.78 is 20.0. The van der Waals surface area contributed by atoms with Crippen molar-refractivity contribution in [1.82, 2.24) is 0 Å². The minimum Gasteiger partial charge on any atom is -0.486 e. The SMILES string of the molecule is Fc1ccccc1OCc1csc2c(Cl)cccc12. The van der Waals surface area contributed by atoms with Crippen LogP contribution in [0.4, 0.5) is 4.39 Å². The number of ether oxygens (including phenoxy) is 1. The van der Waals surface area contributed by atoms with Crippen LogP contribution in [0.1, 0.15) is 5.56 Å². The molecule has 4 heteroatoms. The lowest BCUT2D eigenvalue weighted by atomic mass is 10.2. The van der Waals surface area contributed by atoms with E-state index >= 15 is 0 Å². The molecule has 96 valence electrons. The molecule has 0 atom stereocenters. The Kier molecular flexibility index (Phi) is 3.40. The van der Waals surface area contributed by atoms with Gasteiger partial charge in [0.15, 0.2) is 11.6 Å². The summed E-state index contributed by atoms with van der Waals surface area (Å²) >= 11 is 7.70. The molecule has 1 nitrogen and oxygen atoms in total. The van der Waals surface area contributed by atoms with Crippen LogP contribution in [0.3, 0.4) is 0 Å². The molecule has 1 heterocycles. The Hall–Kier alpha value is -1.58. The maximum absolute atomic E-state index is 13.5. The van der Waals surface area contributed by atoms with Crippen molar-refractivity contribution in [2.24, 2.45) is 0 Å². The number of hydrogen-bond acceptors (Lipinski definition) is 2. The normalized spacial score (nSPS) is 10.8. The number of hydrogen-bond donors (Lipinski definition) is 0. The highest BCUT2D eigenvalue weighted by molar-refractivity contribution is 7.18. The van der Waals surface area contributed by atoms with E-state index in [4.69, 9.17) is 16.3 Å². The average Bonchev–Trinajstić information content (AvgIpc) is 2.83. The van der Waals surface area contributed by atoms with Crippen LogP contribution in [0.15, 0.2) is 47.8 Å². The molecule has 0 saturated heterocycles. The predicted octanol–water partition coefficient (Wildman–Crippen LogP) is 5.27. The van der Waals surface area contributed by atoms with Crippen LogP contribution >= 0.6 is 22.9 Å². The zero-order chi connectivity index (χ0) is 13.2. The topological polar surface area (TPSA) is 9.23 Å². The highest BCUT2D eigenvalue weighted by Crippen LogP contribution is 2.32. The maximum atomic E-state index is 13.5. The van der Waals surface area contributed by atoms with Crippen molar-refractivity contribution in [3.63, 3.8) is 0 Å². The van der Waals surface area contributed by atoms with Gasteiger partial charge in [-0.25, -0.2) is 4.39 Å². The van der Waals surface area contributed by atoms with Crippen molar-refractivity contribution in [3.8, 4) is 5.75 Å². The van der Waals surface area contributed by atoms with E-state index in [-0.39, 0.29) is 11.6 Å². The van der Waals surface area contributed by atoms with Crippen molar-refractivity contribution in [3.05, 3.63) is 64.2 Å². The van der Waals surface area contributed by atoms with E-state index in [1.165, 1.54) is 6.07 Å². The standard InChI is InChI=1S/C15H10ClFOS/c16-12-5-3-4-11-10(9-19-15(11)12)8-18-14-7-2-1-6-13(14)17/h1-7,9H,8H2. The van der Waals surface area contributed by atoms with E-state index < -0.39 is 0 Å². The Morgan fingerprint density at radius 2 is 1.95 bits per heavy atom. The third kappa shape index (κ3) is 2.44. The first-order valence-electron chi connectivity index (χ1n) is 5.77. The lowest BCUT2D eigenvalue weighted by Crippen LogP contribution is -1.96.